The van der Waals surface area contributed by atoms with Crippen molar-refractivity contribution in [3.8, 4) is 5.75 Å². The molecule has 1 aliphatic heterocycles. The third kappa shape index (κ3) is 6.29. The number of methoxy groups -OCH3 is 1. The molecule has 0 aromatic heterocycles. The first kappa shape index (κ1) is 22.3. The van der Waals surface area contributed by atoms with E-state index in [9.17, 15) is 9.90 Å². The van der Waals surface area contributed by atoms with E-state index in [4.69, 9.17) is 9.47 Å². The molecule has 0 unspecified atom stereocenters. The minimum Gasteiger partial charge on any atom is -0.497 e. The molecule has 2 aromatic rings. The van der Waals surface area contributed by atoms with Gasteiger partial charge in [0.05, 0.1) is 33.0 Å². The normalized spacial score (nSPS) is 18.8. The molecule has 1 amide bonds. The van der Waals surface area contributed by atoms with Crippen LogP contribution >= 0.6 is 0 Å². The maximum atomic E-state index is 12.9. The van der Waals surface area contributed by atoms with Gasteiger partial charge in [-0.3, -0.25) is 9.69 Å². The summed E-state index contributed by atoms with van der Waals surface area (Å²) in [7, 11) is 1.65. The Morgan fingerprint density at radius 2 is 1.87 bits per heavy atom. The van der Waals surface area contributed by atoms with Gasteiger partial charge in [0.1, 0.15) is 5.75 Å². The lowest BCUT2D eigenvalue weighted by atomic mass is 10.1. The first-order valence-corrected chi connectivity index (χ1v) is 10.5. The van der Waals surface area contributed by atoms with E-state index in [1.807, 2.05) is 59.2 Å². The minimum atomic E-state index is -0.132. The zero-order valence-electron chi connectivity index (χ0n) is 17.9. The van der Waals surface area contributed by atoms with E-state index in [1.165, 1.54) is 5.56 Å². The maximum Gasteiger partial charge on any atom is 0.236 e. The van der Waals surface area contributed by atoms with Gasteiger partial charge in [0.2, 0.25) is 5.91 Å². The van der Waals surface area contributed by atoms with Crippen LogP contribution in [0.15, 0.2) is 54.6 Å². The molecule has 1 aliphatic rings. The van der Waals surface area contributed by atoms with E-state index in [0.29, 0.717) is 32.8 Å². The molecule has 6 heteroatoms. The molecule has 0 aliphatic carbocycles. The fraction of sp³-hybridized carbons (Fsp3) is 0.458. The molecule has 0 saturated carbocycles. The highest BCUT2D eigenvalue weighted by Crippen LogP contribution is 2.17. The lowest BCUT2D eigenvalue weighted by molar-refractivity contribution is -0.132. The van der Waals surface area contributed by atoms with Crippen molar-refractivity contribution in [2.45, 2.75) is 32.1 Å². The topological polar surface area (TPSA) is 62.2 Å². The van der Waals surface area contributed by atoms with E-state index in [0.717, 1.165) is 17.7 Å². The molecule has 2 aromatic carbocycles. The number of ether oxygens (including phenoxy) is 2. The summed E-state index contributed by atoms with van der Waals surface area (Å²) in [5, 5.41) is 9.61. The predicted octanol–water partition coefficient (Wildman–Crippen LogP) is 2.35. The molecule has 0 radical (unpaired) electrons. The highest BCUT2D eigenvalue weighted by Gasteiger charge is 2.30. The average Bonchev–Trinajstić information content (AvgIpc) is 2.95. The summed E-state index contributed by atoms with van der Waals surface area (Å²) in [6.07, 6.45) is 0.678. The van der Waals surface area contributed by atoms with Crippen LogP contribution < -0.4 is 4.74 Å². The van der Waals surface area contributed by atoms with Gasteiger partial charge in [0.25, 0.3) is 0 Å². The minimum absolute atomic E-state index is 0.0138. The van der Waals surface area contributed by atoms with Crippen LogP contribution in [0.25, 0.3) is 0 Å². The Labute approximate surface area is 179 Å². The van der Waals surface area contributed by atoms with Crippen LogP contribution in [0.1, 0.15) is 18.1 Å². The van der Waals surface area contributed by atoms with E-state index in [1.54, 1.807) is 7.11 Å². The first-order valence-electron chi connectivity index (χ1n) is 10.5. The van der Waals surface area contributed by atoms with Crippen molar-refractivity contribution in [1.82, 2.24) is 9.80 Å². The largest absolute Gasteiger partial charge is 0.497 e. The number of carbonyl (C=O) groups excluding carboxylic acids is 1. The Kier molecular flexibility index (Phi) is 8.25. The van der Waals surface area contributed by atoms with Crippen molar-refractivity contribution in [2.75, 3.05) is 39.9 Å². The standard InChI is InChI=1S/C24H32N2O4/c1-19(17-27)26-15-23(30-18-21-9-6-10-22(13-21)29-2)14-25(24(28)16-26)12-11-20-7-4-3-5-8-20/h3-10,13,19,23,27H,11-12,14-18H2,1-2H3/t19-,23-/m0/s1. The zero-order chi connectivity index (χ0) is 21.3. The number of nitrogens with zero attached hydrogens (tertiary/aromatic N) is 2. The molecule has 162 valence electrons. The van der Waals surface area contributed by atoms with Crippen LogP contribution in [0.2, 0.25) is 0 Å². The highest BCUT2D eigenvalue weighted by molar-refractivity contribution is 5.78. The van der Waals surface area contributed by atoms with Crippen LogP contribution in [0.3, 0.4) is 0 Å². The Morgan fingerprint density at radius 3 is 2.60 bits per heavy atom. The van der Waals surface area contributed by atoms with Gasteiger partial charge in [-0.25, -0.2) is 0 Å². The highest BCUT2D eigenvalue weighted by atomic mass is 16.5. The van der Waals surface area contributed by atoms with Gasteiger partial charge in [-0.1, -0.05) is 42.5 Å². The predicted molar refractivity (Wildman–Crippen MR) is 116 cm³/mol. The van der Waals surface area contributed by atoms with Crippen molar-refractivity contribution in [2.24, 2.45) is 0 Å². The maximum absolute atomic E-state index is 12.9. The number of rotatable bonds is 9. The van der Waals surface area contributed by atoms with E-state index >= 15 is 0 Å². The summed E-state index contributed by atoms with van der Waals surface area (Å²) in [5.41, 5.74) is 2.24. The molecule has 3 rings (SSSR count). The van der Waals surface area contributed by atoms with Crippen molar-refractivity contribution >= 4 is 5.91 Å². The number of carbonyl (C=O) groups is 1. The van der Waals surface area contributed by atoms with Crippen LogP contribution in [0, 0.1) is 0 Å². The summed E-state index contributed by atoms with van der Waals surface area (Å²) in [4.78, 5) is 16.8. The van der Waals surface area contributed by atoms with E-state index < -0.39 is 0 Å². The molecular formula is C24H32N2O4. The zero-order valence-corrected chi connectivity index (χ0v) is 17.9. The van der Waals surface area contributed by atoms with Gasteiger partial charge in [0.15, 0.2) is 0 Å². The van der Waals surface area contributed by atoms with Crippen molar-refractivity contribution in [1.29, 1.82) is 0 Å². The SMILES string of the molecule is COc1cccc(CO[C@H]2CN(CCc3ccccc3)C(=O)CN([C@@H](C)CO)C2)c1. The van der Waals surface area contributed by atoms with Crippen LogP contribution in [0.4, 0.5) is 0 Å². The Bertz CT molecular complexity index is 799. The molecule has 0 bridgehead atoms. The number of aliphatic hydroxyl groups excluding tert-OH is 1. The second-order valence-electron chi connectivity index (χ2n) is 7.82. The molecule has 1 heterocycles. The van der Waals surface area contributed by atoms with Gasteiger partial charge < -0.3 is 19.5 Å². The summed E-state index contributed by atoms with van der Waals surface area (Å²) in [5.74, 6) is 0.880. The molecule has 2 atom stereocenters. The van der Waals surface area contributed by atoms with Gasteiger partial charge in [-0.2, -0.15) is 0 Å². The monoisotopic (exact) mass is 412 g/mol. The third-order valence-electron chi connectivity index (χ3n) is 5.57. The second-order valence-corrected chi connectivity index (χ2v) is 7.82. The summed E-state index contributed by atoms with van der Waals surface area (Å²) < 4.78 is 11.5. The van der Waals surface area contributed by atoms with E-state index in [-0.39, 0.29) is 24.7 Å². The molecule has 1 N–H and O–H groups in total. The number of benzene rings is 2. The first-order chi connectivity index (χ1) is 14.6. The van der Waals surface area contributed by atoms with E-state index in [2.05, 4.69) is 12.1 Å². The van der Waals surface area contributed by atoms with Gasteiger partial charge in [-0.15, -0.1) is 0 Å². The molecule has 6 nitrogen and oxygen atoms in total. The fourth-order valence-electron chi connectivity index (χ4n) is 3.66. The van der Waals surface area contributed by atoms with Gasteiger partial charge in [0, 0.05) is 25.7 Å². The fourth-order valence-corrected chi connectivity index (χ4v) is 3.66. The van der Waals surface area contributed by atoms with Crippen molar-refractivity contribution in [3.63, 3.8) is 0 Å². The second kappa shape index (κ2) is 11.1. The van der Waals surface area contributed by atoms with Crippen LogP contribution in [0.5, 0.6) is 5.75 Å². The average molecular weight is 413 g/mol. The molecule has 0 spiro atoms. The Balaban J connectivity index is 1.67. The summed E-state index contributed by atoms with van der Waals surface area (Å²) in [6.45, 7) is 4.51. The number of hydrogen-bond acceptors (Lipinski definition) is 5. The Morgan fingerprint density at radius 1 is 1.10 bits per heavy atom. The number of amides is 1. The lowest BCUT2D eigenvalue weighted by Gasteiger charge is -2.27. The van der Waals surface area contributed by atoms with Gasteiger partial charge >= 0.3 is 0 Å². The molecule has 30 heavy (non-hydrogen) atoms. The van der Waals surface area contributed by atoms with Crippen LogP contribution in [-0.2, 0) is 22.6 Å². The summed E-state index contributed by atoms with van der Waals surface area (Å²) in [6, 6.07) is 17.9. The smallest absolute Gasteiger partial charge is 0.236 e. The molecule has 1 fully saturated rings. The molecular weight excluding hydrogens is 380 g/mol. The third-order valence-corrected chi connectivity index (χ3v) is 5.57. The number of hydrogen-bond donors (Lipinski definition) is 1. The van der Waals surface area contributed by atoms with Crippen molar-refractivity contribution in [3.05, 3.63) is 65.7 Å². The summed E-state index contributed by atoms with van der Waals surface area (Å²) >= 11 is 0. The Hall–Kier alpha value is -2.41. The van der Waals surface area contributed by atoms with Crippen LogP contribution in [-0.4, -0.2) is 72.9 Å². The molecule has 1 saturated heterocycles. The van der Waals surface area contributed by atoms with Crippen molar-refractivity contribution < 1.29 is 19.4 Å². The van der Waals surface area contributed by atoms with Gasteiger partial charge in [-0.05, 0) is 36.6 Å². The lowest BCUT2D eigenvalue weighted by Crippen LogP contribution is -2.42. The quantitative estimate of drug-likeness (QED) is 0.685. The number of aliphatic hydroxyl groups is 1.